The number of nitrogens with zero attached hydrogens (tertiary/aromatic N) is 2. The van der Waals surface area contributed by atoms with Crippen molar-refractivity contribution < 1.29 is 0 Å². The van der Waals surface area contributed by atoms with E-state index in [0.29, 0.717) is 5.41 Å². The van der Waals surface area contributed by atoms with Gasteiger partial charge in [-0.05, 0) is 204 Å². The zero-order valence-corrected chi connectivity index (χ0v) is 37.4. The fourth-order valence-corrected chi connectivity index (χ4v) is 15.6. The highest BCUT2D eigenvalue weighted by Crippen LogP contribution is 2.61. The van der Waals surface area contributed by atoms with Crippen LogP contribution in [0.15, 0.2) is 158 Å². The summed E-state index contributed by atoms with van der Waals surface area (Å²) in [5, 5.41) is 2.61. The van der Waals surface area contributed by atoms with Crippen LogP contribution in [0.3, 0.4) is 0 Å². The van der Waals surface area contributed by atoms with Crippen molar-refractivity contribution in [2.75, 3.05) is 4.90 Å². The number of hydrogen-bond donors (Lipinski definition) is 0. The van der Waals surface area contributed by atoms with Crippen molar-refractivity contribution in [1.29, 1.82) is 0 Å². The van der Waals surface area contributed by atoms with Gasteiger partial charge in [0.1, 0.15) is 0 Å². The van der Waals surface area contributed by atoms with Gasteiger partial charge in [0.2, 0.25) is 0 Å². The Morgan fingerprint density at radius 3 is 1.84 bits per heavy atom. The van der Waals surface area contributed by atoms with Gasteiger partial charge in [0.25, 0.3) is 0 Å². The maximum Gasteiger partial charge on any atom is 0.0588 e. The SMILES string of the molecule is CC1(C)c2cc(N(c3ccc(C4CC5CCC4C5)cc3)c3ccc(C45CC6CC(CC(C6)C4)C5)cc3)ccc2-c2ccc3c4cc(-c5ccccc5)ccc4n(-c4ccccc4)c3c21. The van der Waals surface area contributed by atoms with Crippen LogP contribution in [0.25, 0.3) is 49.7 Å². The minimum Gasteiger partial charge on any atom is -0.310 e. The van der Waals surface area contributed by atoms with E-state index in [1.54, 1.807) is 11.1 Å². The molecule has 0 amide bonds. The van der Waals surface area contributed by atoms with Gasteiger partial charge in [-0.2, -0.15) is 0 Å². The molecule has 0 spiro atoms. The summed E-state index contributed by atoms with van der Waals surface area (Å²) in [5.74, 6) is 5.38. The Labute approximate surface area is 379 Å². The van der Waals surface area contributed by atoms with Gasteiger partial charge in [0.15, 0.2) is 0 Å². The predicted octanol–water partition coefficient (Wildman–Crippen LogP) is 16.6. The van der Waals surface area contributed by atoms with Crippen LogP contribution in [0.5, 0.6) is 0 Å². The number of aromatic nitrogens is 1. The molecule has 64 heavy (non-hydrogen) atoms. The van der Waals surface area contributed by atoms with Crippen molar-refractivity contribution in [3.8, 4) is 27.9 Å². The van der Waals surface area contributed by atoms with E-state index in [0.717, 1.165) is 35.5 Å². The summed E-state index contributed by atoms with van der Waals surface area (Å²) in [7, 11) is 0. The van der Waals surface area contributed by atoms with Crippen molar-refractivity contribution in [3.05, 3.63) is 180 Å². The molecular weight excluding hydrogens is 773 g/mol. The van der Waals surface area contributed by atoms with E-state index in [4.69, 9.17) is 0 Å². The average molecular weight is 831 g/mol. The fraction of sp³-hybridized carbons (Fsp3) is 0.323. The molecule has 2 heteroatoms. The van der Waals surface area contributed by atoms with E-state index in [1.807, 2.05) is 0 Å². The summed E-state index contributed by atoms with van der Waals surface area (Å²) >= 11 is 0. The summed E-state index contributed by atoms with van der Waals surface area (Å²) in [6, 6.07) is 61.0. The maximum absolute atomic E-state index is 2.56. The van der Waals surface area contributed by atoms with Crippen LogP contribution in [0, 0.1) is 29.6 Å². The average Bonchev–Trinajstić information content (AvgIpc) is 4.10. The lowest BCUT2D eigenvalue weighted by Gasteiger charge is -2.57. The highest BCUT2D eigenvalue weighted by molar-refractivity contribution is 6.14. The van der Waals surface area contributed by atoms with E-state index < -0.39 is 0 Å². The van der Waals surface area contributed by atoms with Crippen molar-refractivity contribution in [3.63, 3.8) is 0 Å². The topological polar surface area (TPSA) is 8.17 Å². The predicted molar refractivity (Wildman–Crippen MR) is 267 cm³/mol. The molecule has 15 rings (SSSR count). The van der Waals surface area contributed by atoms with Gasteiger partial charge in [0.05, 0.1) is 11.0 Å². The van der Waals surface area contributed by atoms with Gasteiger partial charge < -0.3 is 9.47 Å². The zero-order valence-electron chi connectivity index (χ0n) is 37.4. The summed E-state index contributed by atoms with van der Waals surface area (Å²) in [6.45, 7) is 4.94. The molecule has 3 atom stereocenters. The van der Waals surface area contributed by atoms with Crippen molar-refractivity contribution in [1.82, 2.24) is 4.57 Å². The molecule has 6 bridgehead atoms. The molecule has 0 radical (unpaired) electrons. The number of rotatable bonds is 7. The second-order valence-corrected chi connectivity index (χ2v) is 22.0. The molecule has 6 saturated carbocycles. The molecule has 7 aliphatic rings. The second kappa shape index (κ2) is 13.8. The Hall–Kier alpha value is -5.86. The third kappa shape index (κ3) is 5.56. The van der Waals surface area contributed by atoms with Gasteiger partial charge in [-0.15, -0.1) is 0 Å². The molecular formula is C62H58N2. The van der Waals surface area contributed by atoms with Gasteiger partial charge in [0, 0.05) is 38.9 Å². The zero-order chi connectivity index (χ0) is 42.3. The minimum absolute atomic E-state index is 0.247. The first-order valence-corrected chi connectivity index (χ1v) is 24.7. The van der Waals surface area contributed by atoms with Crippen LogP contribution in [0.1, 0.15) is 106 Å². The molecule has 8 aromatic rings. The number of anilines is 3. The molecule has 2 nitrogen and oxygen atoms in total. The summed E-state index contributed by atoms with van der Waals surface area (Å²) in [6.07, 6.45) is 14.3. The minimum atomic E-state index is -0.247. The maximum atomic E-state index is 2.56. The second-order valence-electron chi connectivity index (χ2n) is 22.0. The van der Waals surface area contributed by atoms with E-state index in [-0.39, 0.29) is 5.41 Å². The Morgan fingerprint density at radius 1 is 0.516 bits per heavy atom. The number of para-hydroxylation sites is 1. The molecule has 1 heterocycles. The number of hydrogen-bond acceptors (Lipinski definition) is 1. The van der Waals surface area contributed by atoms with Crippen LogP contribution in [0.4, 0.5) is 17.1 Å². The molecule has 7 aromatic carbocycles. The smallest absolute Gasteiger partial charge is 0.0588 e. The lowest BCUT2D eigenvalue weighted by molar-refractivity contribution is -0.00518. The van der Waals surface area contributed by atoms with Crippen LogP contribution < -0.4 is 4.90 Å². The third-order valence-electron chi connectivity index (χ3n) is 18.0. The van der Waals surface area contributed by atoms with Crippen molar-refractivity contribution in [2.24, 2.45) is 29.6 Å². The van der Waals surface area contributed by atoms with E-state index in [1.165, 1.54) is 142 Å². The highest BCUT2D eigenvalue weighted by atomic mass is 15.1. The Balaban J connectivity index is 0.901. The molecule has 316 valence electrons. The van der Waals surface area contributed by atoms with Crippen molar-refractivity contribution in [2.45, 2.75) is 94.8 Å². The Kier molecular flexibility index (Phi) is 8.10. The first kappa shape index (κ1) is 37.5. The molecule has 7 aliphatic carbocycles. The first-order valence-electron chi connectivity index (χ1n) is 24.7. The van der Waals surface area contributed by atoms with E-state index in [2.05, 4.69) is 181 Å². The molecule has 0 saturated heterocycles. The summed E-state index contributed by atoms with van der Waals surface area (Å²) in [5.41, 5.74) is 18.8. The normalized spacial score (nSPS) is 26.8. The lowest BCUT2D eigenvalue weighted by Crippen LogP contribution is -2.48. The van der Waals surface area contributed by atoms with Gasteiger partial charge in [-0.1, -0.05) is 117 Å². The van der Waals surface area contributed by atoms with E-state index >= 15 is 0 Å². The largest absolute Gasteiger partial charge is 0.310 e. The highest BCUT2D eigenvalue weighted by Gasteiger charge is 2.51. The molecule has 6 fully saturated rings. The van der Waals surface area contributed by atoms with Gasteiger partial charge in [-0.25, -0.2) is 0 Å². The number of fused-ring (bicyclic) bond motifs is 9. The van der Waals surface area contributed by atoms with E-state index in [9.17, 15) is 0 Å². The van der Waals surface area contributed by atoms with Crippen LogP contribution in [-0.4, -0.2) is 4.57 Å². The third-order valence-corrected chi connectivity index (χ3v) is 18.0. The van der Waals surface area contributed by atoms with Gasteiger partial charge in [-0.3, -0.25) is 0 Å². The lowest BCUT2D eigenvalue weighted by atomic mass is 9.48. The standard InChI is InChI=1S/C62H58N2/c1-61(2)57-35-51(24-25-52(57)53-26-27-54-56-34-45(43-9-5-3-6-10-43)17-28-58(56)64(60(54)59(53)61)48-11-7-4-8-12-48)63(49-20-15-44(16-21-49)55-33-39-13-14-46(55)32-39)50-22-18-47(19-23-50)62-36-40-29-41(37-62)31-42(30-40)38-62/h3-12,15-28,34-35,39-42,46,55H,13-14,29-33,36-38H2,1-2H3. The van der Waals surface area contributed by atoms with Gasteiger partial charge >= 0.3 is 0 Å². The first-order chi connectivity index (χ1) is 31.4. The molecule has 3 unspecified atom stereocenters. The van der Waals surface area contributed by atoms with Crippen molar-refractivity contribution >= 4 is 38.9 Å². The molecule has 0 aliphatic heterocycles. The quantitative estimate of drug-likeness (QED) is 0.155. The monoisotopic (exact) mass is 830 g/mol. The van der Waals surface area contributed by atoms with Crippen LogP contribution >= 0.6 is 0 Å². The summed E-state index contributed by atoms with van der Waals surface area (Å²) < 4.78 is 2.54. The molecule has 1 aromatic heterocycles. The van der Waals surface area contributed by atoms with Crippen LogP contribution in [0.2, 0.25) is 0 Å². The Morgan fingerprint density at radius 2 is 1.17 bits per heavy atom. The van der Waals surface area contributed by atoms with Crippen LogP contribution in [-0.2, 0) is 10.8 Å². The molecule has 0 N–H and O–H groups in total. The fourth-order valence-electron chi connectivity index (χ4n) is 15.6. The summed E-state index contributed by atoms with van der Waals surface area (Å²) in [4.78, 5) is 2.56. The number of benzene rings is 7. The Bertz CT molecular complexity index is 3080.